The van der Waals surface area contributed by atoms with Crippen molar-refractivity contribution in [1.29, 1.82) is 0 Å². The number of fused-ring (bicyclic) bond motifs is 8. The van der Waals surface area contributed by atoms with Gasteiger partial charge in [0, 0.05) is 46.5 Å². The minimum atomic E-state index is -2.95. The molecule has 10 atom stereocenters. The molecule has 0 aromatic heterocycles. The number of hydrogen-bond donors (Lipinski definition) is 26. The summed E-state index contributed by atoms with van der Waals surface area (Å²) in [5.41, 5.74) is -15.0. The van der Waals surface area contributed by atoms with Gasteiger partial charge in [0.2, 0.25) is 46.0 Å². The molecule has 592 valence electrons. The third kappa shape index (κ3) is 13.3. The van der Waals surface area contributed by atoms with Crippen LogP contribution in [0.15, 0.2) is 60.7 Å². The maximum absolute atomic E-state index is 15.3. The normalized spacial score (nSPS) is 20.6. The van der Waals surface area contributed by atoms with E-state index in [1.807, 2.05) is 0 Å². The predicted molar refractivity (Wildman–Crippen MR) is 348 cm³/mol. The van der Waals surface area contributed by atoms with Gasteiger partial charge in [0.05, 0.1) is 33.4 Å². The molecule has 2 fully saturated rings. The highest BCUT2D eigenvalue weighted by Crippen LogP contribution is 2.59. The van der Waals surface area contributed by atoms with Crippen LogP contribution in [0.1, 0.15) is 82.9 Å². The van der Waals surface area contributed by atoms with Crippen LogP contribution in [0.5, 0.6) is 149 Å². The molecule has 0 unspecified atom stereocenters. The van der Waals surface area contributed by atoms with Gasteiger partial charge in [-0.2, -0.15) is 0 Å². The number of carboxylic acid groups (broad SMARTS) is 1. The molecule has 0 saturated carbocycles. The molecule has 12 rings (SSSR count). The number of aliphatic hydroxyl groups is 3. The van der Waals surface area contributed by atoms with Crippen LogP contribution in [0.3, 0.4) is 0 Å². The number of aromatic hydroxyl groups is 22. The Bertz CT molecular complexity index is 5400. The summed E-state index contributed by atoms with van der Waals surface area (Å²) in [6.07, 6.45) is -25.8. The Balaban J connectivity index is 0.960. The first-order valence-electron chi connectivity index (χ1n) is 31.3. The highest BCUT2D eigenvalue weighted by atomic mass is 16.7. The molecule has 0 amide bonds. The van der Waals surface area contributed by atoms with Gasteiger partial charge < -0.3 is 185 Å². The zero-order chi connectivity index (χ0) is 82.6. The number of carbonyl (C=O) groups excluding carboxylic acids is 7. The van der Waals surface area contributed by atoms with Gasteiger partial charge in [-0.15, -0.1) is 0 Å². The first-order chi connectivity index (χ1) is 53.1. The van der Waals surface area contributed by atoms with Crippen LogP contribution >= 0.6 is 0 Å². The lowest BCUT2D eigenvalue weighted by Gasteiger charge is -2.42. The van der Waals surface area contributed by atoms with Crippen molar-refractivity contribution in [2.75, 3.05) is 13.2 Å². The quantitative estimate of drug-likeness (QED) is 0.0498. The summed E-state index contributed by atoms with van der Waals surface area (Å²) in [6, 6.07) is 3.43. The van der Waals surface area contributed by atoms with Crippen molar-refractivity contribution < 1.29 is 223 Å². The maximum Gasteiger partial charge on any atom is 0.342 e. The van der Waals surface area contributed by atoms with Gasteiger partial charge in [0.25, 0.3) is 0 Å². The lowest BCUT2D eigenvalue weighted by molar-refractivity contribution is -0.285. The van der Waals surface area contributed by atoms with E-state index < -0.39 is 339 Å². The second-order valence-corrected chi connectivity index (χ2v) is 24.4. The van der Waals surface area contributed by atoms with Gasteiger partial charge in [0.1, 0.15) is 42.7 Å². The molecule has 0 bridgehead atoms. The molecule has 45 heteroatoms. The van der Waals surface area contributed by atoms with Crippen LogP contribution in [-0.4, -0.2) is 255 Å². The molecule has 8 aromatic carbocycles. The fourth-order valence-electron chi connectivity index (χ4n) is 12.0. The van der Waals surface area contributed by atoms with Crippen LogP contribution in [0, 0.1) is 0 Å². The van der Waals surface area contributed by atoms with Gasteiger partial charge in [-0.25, -0.2) is 38.4 Å². The first kappa shape index (κ1) is 77.1. The van der Waals surface area contributed by atoms with Crippen molar-refractivity contribution in [1.82, 2.24) is 0 Å². The van der Waals surface area contributed by atoms with Crippen molar-refractivity contribution in [3.8, 4) is 172 Å². The van der Waals surface area contributed by atoms with E-state index in [2.05, 4.69) is 0 Å². The number of rotatable bonds is 11. The van der Waals surface area contributed by atoms with Gasteiger partial charge >= 0.3 is 47.8 Å². The molecular formula is C68H50O45. The fraction of sp³-hybridized carbons (Fsp3) is 0.176. The van der Waals surface area contributed by atoms with Gasteiger partial charge in [-0.05, 0) is 36.4 Å². The molecule has 2 saturated heterocycles. The molecule has 0 aliphatic carbocycles. The van der Waals surface area contributed by atoms with Crippen molar-refractivity contribution in [2.45, 2.75) is 61.4 Å². The number of carboxylic acids is 1. The number of carbonyl (C=O) groups is 8. The number of hydrogen-bond acceptors (Lipinski definition) is 44. The minimum Gasteiger partial charge on any atom is -0.504 e. The van der Waals surface area contributed by atoms with Gasteiger partial charge in [-0.3, -0.25) is 0 Å². The summed E-state index contributed by atoms with van der Waals surface area (Å²) in [4.78, 5) is 114. The predicted octanol–water partition coefficient (Wildman–Crippen LogP) is 1.69. The van der Waals surface area contributed by atoms with E-state index in [1.54, 1.807) is 0 Å². The number of ether oxygens (including phenoxy) is 11. The number of benzene rings is 8. The van der Waals surface area contributed by atoms with E-state index in [9.17, 15) is 162 Å². The Morgan fingerprint density at radius 3 is 1.07 bits per heavy atom. The first-order valence-corrected chi connectivity index (χ1v) is 31.3. The highest BCUT2D eigenvalue weighted by Gasteiger charge is 2.55. The molecule has 4 aliphatic heterocycles. The Morgan fingerprint density at radius 2 is 0.646 bits per heavy atom. The number of phenolic OH excluding ortho intramolecular Hbond substituents is 22. The van der Waals surface area contributed by atoms with Crippen LogP contribution < -0.4 is 9.47 Å². The molecule has 4 heterocycles. The van der Waals surface area contributed by atoms with E-state index in [4.69, 9.17) is 52.1 Å². The second kappa shape index (κ2) is 28.6. The average Bonchev–Trinajstić information content (AvgIpc) is 1.66. The zero-order valence-electron chi connectivity index (χ0n) is 55.3. The van der Waals surface area contributed by atoms with Crippen molar-refractivity contribution in [3.63, 3.8) is 0 Å². The summed E-state index contributed by atoms with van der Waals surface area (Å²) in [5.74, 6) is -54.1. The fourth-order valence-corrected chi connectivity index (χ4v) is 12.0. The maximum atomic E-state index is 15.3. The second-order valence-electron chi connectivity index (χ2n) is 24.4. The molecule has 26 N–H and O–H groups in total. The standard InChI is InChI=1S/C68H50O45/c69-21-1-13(2-22(70)37(21)77)60(94)111-56-51(91)67(101)107-31-11-104-63(97)17-9-29(43(83)47(87)35(17)34-16(64(98)109-54(31)56)6-26(74)40(80)46(34)86)106-53-20(8-28(76)42(82)50(53)90)66(100)113-58-57(112-61(95)14-3-23(71)38(78)24(72)4-14)55-32(108-68(58)102)12-103-62(96)15-5-25(73)39(79)45(85)33(15)36-18(65(99)110-55)10-30(44(84)48(36)88)105-52-19(59(92)93)7-27(75)41(81)49(52)89/h1-10,31-32,51,54-58,67-91,101-102H,11-12H2,(H,92,93)/t31-,32-,51-,54-,55-,56-,57+,58-,67-,68-/m1/s1. The van der Waals surface area contributed by atoms with Crippen molar-refractivity contribution in [2.24, 2.45) is 0 Å². The monoisotopic (exact) mass is 1590 g/mol. The van der Waals surface area contributed by atoms with Crippen LogP contribution in [0.2, 0.25) is 0 Å². The smallest absolute Gasteiger partial charge is 0.342 e. The number of aromatic carboxylic acids is 1. The average molecular weight is 1590 g/mol. The summed E-state index contributed by atoms with van der Waals surface area (Å²) in [7, 11) is 0. The third-order valence-electron chi connectivity index (χ3n) is 17.5. The van der Waals surface area contributed by atoms with Crippen molar-refractivity contribution in [3.05, 3.63) is 105 Å². The molecule has 113 heavy (non-hydrogen) atoms. The Kier molecular flexibility index (Phi) is 19.5. The van der Waals surface area contributed by atoms with E-state index in [-0.39, 0.29) is 24.3 Å². The summed E-state index contributed by atoms with van der Waals surface area (Å²) >= 11 is 0. The van der Waals surface area contributed by atoms with E-state index in [0.717, 1.165) is 0 Å². The van der Waals surface area contributed by atoms with E-state index in [1.165, 1.54) is 0 Å². The minimum absolute atomic E-state index is 0.140. The van der Waals surface area contributed by atoms with E-state index >= 15 is 9.59 Å². The zero-order valence-corrected chi connectivity index (χ0v) is 55.3. The Labute approximate surface area is 620 Å². The van der Waals surface area contributed by atoms with E-state index in [0.29, 0.717) is 36.4 Å². The molecule has 0 spiro atoms. The van der Waals surface area contributed by atoms with Gasteiger partial charge in [0.15, 0.2) is 147 Å². The lowest BCUT2D eigenvalue weighted by Crippen LogP contribution is -2.62. The number of cyclic esters (lactones) is 2. The van der Waals surface area contributed by atoms with Crippen molar-refractivity contribution >= 4 is 47.8 Å². The SMILES string of the molecule is O=C(O[C@@H]1[C@@H](OC(=O)c2cc(O)c(O)c(O)c2Oc2cc3c(c(O)c2O)-c2c(cc(O)c(O)c2O)C(=O)O[C@H]2[C@H](OC(=O)c4cc(O)c(O)c(O)c4)[C@@H](O)[C@H](O)O[C@@H]2COC3=O)[C@H](O)O[C@@H]2COC(=O)c3cc(O)c(O)c(O)c3-c3c(cc(Oc4c(C(=O)O)cc(O)c(O)c4O)c(O)c3O)C(=O)O[C@@H]12)c1cc(O)c(O)c(O)c1. The third-order valence-corrected chi connectivity index (χ3v) is 17.5. The Hall–Kier alpha value is -15.5. The van der Waals surface area contributed by atoms with Crippen LogP contribution in [0.25, 0.3) is 22.3 Å². The molecule has 4 aliphatic rings. The number of aliphatic hydroxyl groups excluding tert-OH is 3. The van der Waals surface area contributed by atoms with Gasteiger partial charge in [-0.1, -0.05) is 0 Å². The molecular weight excluding hydrogens is 1540 g/mol. The Morgan fingerprint density at radius 1 is 0.327 bits per heavy atom. The number of phenols is 22. The molecule has 0 radical (unpaired) electrons. The summed E-state index contributed by atoms with van der Waals surface area (Å²) in [6.45, 7) is -2.81. The van der Waals surface area contributed by atoms with Crippen LogP contribution in [0.4, 0.5) is 0 Å². The summed E-state index contributed by atoms with van der Waals surface area (Å²) < 4.78 is 60.5. The topological polar surface area (TPSA) is 764 Å². The number of esters is 7. The lowest BCUT2D eigenvalue weighted by atomic mass is 9.91. The largest absolute Gasteiger partial charge is 0.504 e. The van der Waals surface area contributed by atoms with Crippen LogP contribution in [-0.2, 0) is 42.6 Å². The molecule has 45 nitrogen and oxygen atoms in total. The highest BCUT2D eigenvalue weighted by molar-refractivity contribution is 6.10. The molecule has 8 aromatic rings. The summed E-state index contributed by atoms with van der Waals surface area (Å²) in [5, 5.41) is 283.